The maximum Gasteiger partial charge on any atom is 0.0234 e. The summed E-state index contributed by atoms with van der Waals surface area (Å²) >= 11 is 0. The molecule has 0 radical (unpaired) electrons. The van der Waals surface area contributed by atoms with Gasteiger partial charge in [0.05, 0.1) is 0 Å². The highest BCUT2D eigenvalue weighted by Gasteiger charge is 2.16. The molecule has 1 aromatic rings. The van der Waals surface area contributed by atoms with Crippen LogP contribution in [0.5, 0.6) is 0 Å². The fourth-order valence-corrected chi connectivity index (χ4v) is 3.08. The van der Waals surface area contributed by atoms with E-state index in [1.54, 1.807) is 0 Å². The first kappa shape index (κ1) is 15.5. The molecule has 1 aliphatic rings. The SMILES string of the molecule is CCCN(Cc1ccc(CC)cc1)CC1CCCCN1. The maximum atomic E-state index is 3.67. The molecule has 1 saturated heterocycles. The van der Waals surface area contributed by atoms with E-state index < -0.39 is 0 Å². The van der Waals surface area contributed by atoms with Gasteiger partial charge in [0, 0.05) is 19.1 Å². The summed E-state index contributed by atoms with van der Waals surface area (Å²) in [6.45, 7) is 9.19. The molecule has 1 atom stereocenters. The van der Waals surface area contributed by atoms with Crippen LogP contribution >= 0.6 is 0 Å². The minimum absolute atomic E-state index is 0.699. The first-order valence-corrected chi connectivity index (χ1v) is 8.35. The zero-order valence-corrected chi connectivity index (χ0v) is 13.2. The largest absolute Gasteiger partial charge is 0.313 e. The van der Waals surface area contributed by atoms with E-state index in [2.05, 4.69) is 48.3 Å². The molecular formula is C18H30N2. The van der Waals surface area contributed by atoms with Crippen LogP contribution in [0.4, 0.5) is 0 Å². The Morgan fingerprint density at radius 1 is 1.10 bits per heavy atom. The van der Waals surface area contributed by atoms with Crippen molar-refractivity contribution in [3.8, 4) is 0 Å². The number of nitrogens with one attached hydrogen (secondary N) is 1. The highest BCUT2D eigenvalue weighted by molar-refractivity contribution is 5.22. The number of aryl methyl sites for hydroxylation is 1. The third-order valence-electron chi connectivity index (χ3n) is 4.27. The van der Waals surface area contributed by atoms with E-state index >= 15 is 0 Å². The smallest absolute Gasteiger partial charge is 0.0234 e. The first-order valence-electron chi connectivity index (χ1n) is 8.35. The van der Waals surface area contributed by atoms with E-state index in [1.807, 2.05) is 0 Å². The Morgan fingerprint density at radius 2 is 1.85 bits per heavy atom. The van der Waals surface area contributed by atoms with Crippen molar-refractivity contribution >= 4 is 0 Å². The summed E-state index contributed by atoms with van der Waals surface area (Å²) < 4.78 is 0. The van der Waals surface area contributed by atoms with Gasteiger partial charge in [-0.2, -0.15) is 0 Å². The Hall–Kier alpha value is -0.860. The fourth-order valence-electron chi connectivity index (χ4n) is 3.08. The zero-order valence-electron chi connectivity index (χ0n) is 13.2. The molecule has 0 spiro atoms. The second-order valence-corrected chi connectivity index (χ2v) is 6.05. The molecule has 1 heterocycles. The lowest BCUT2D eigenvalue weighted by atomic mass is 10.0. The third kappa shape index (κ3) is 4.92. The van der Waals surface area contributed by atoms with Gasteiger partial charge in [-0.3, -0.25) is 4.90 Å². The molecule has 1 aliphatic heterocycles. The molecule has 2 rings (SSSR count). The van der Waals surface area contributed by atoms with Gasteiger partial charge in [-0.25, -0.2) is 0 Å². The van der Waals surface area contributed by atoms with Crippen LogP contribution in [-0.4, -0.2) is 30.6 Å². The molecule has 2 heteroatoms. The summed E-state index contributed by atoms with van der Waals surface area (Å²) in [4.78, 5) is 2.62. The van der Waals surface area contributed by atoms with E-state index in [0.717, 1.165) is 13.0 Å². The summed E-state index contributed by atoms with van der Waals surface area (Å²) in [5, 5.41) is 3.67. The van der Waals surface area contributed by atoms with Crippen molar-refractivity contribution < 1.29 is 0 Å². The van der Waals surface area contributed by atoms with Crippen molar-refractivity contribution in [1.29, 1.82) is 0 Å². The molecule has 1 aromatic carbocycles. The van der Waals surface area contributed by atoms with Crippen molar-refractivity contribution in [2.75, 3.05) is 19.6 Å². The second kappa shape index (κ2) is 8.43. The third-order valence-corrected chi connectivity index (χ3v) is 4.27. The zero-order chi connectivity index (χ0) is 14.2. The predicted octanol–water partition coefficient (Wildman–Crippen LogP) is 3.60. The van der Waals surface area contributed by atoms with Crippen LogP contribution in [0.3, 0.4) is 0 Å². The van der Waals surface area contributed by atoms with Gasteiger partial charge in [-0.15, -0.1) is 0 Å². The number of hydrogen-bond donors (Lipinski definition) is 1. The molecule has 1 fully saturated rings. The summed E-state index contributed by atoms with van der Waals surface area (Å²) in [6.07, 6.45) is 6.45. The number of hydrogen-bond acceptors (Lipinski definition) is 2. The van der Waals surface area contributed by atoms with Gasteiger partial charge in [0.15, 0.2) is 0 Å². The van der Waals surface area contributed by atoms with Crippen molar-refractivity contribution in [2.45, 2.75) is 58.5 Å². The number of piperidine rings is 1. The summed E-state index contributed by atoms with van der Waals surface area (Å²) in [5.41, 5.74) is 2.89. The number of nitrogens with zero attached hydrogens (tertiary/aromatic N) is 1. The predicted molar refractivity (Wildman–Crippen MR) is 87.0 cm³/mol. The maximum absolute atomic E-state index is 3.67. The minimum atomic E-state index is 0.699. The van der Waals surface area contributed by atoms with Crippen LogP contribution in [0.2, 0.25) is 0 Å². The molecule has 1 unspecified atom stereocenters. The Bertz CT molecular complexity index is 366. The molecule has 20 heavy (non-hydrogen) atoms. The lowest BCUT2D eigenvalue weighted by Crippen LogP contribution is -2.43. The van der Waals surface area contributed by atoms with E-state index in [0.29, 0.717) is 6.04 Å². The topological polar surface area (TPSA) is 15.3 Å². The molecule has 0 amide bonds. The molecule has 112 valence electrons. The molecular weight excluding hydrogens is 244 g/mol. The lowest BCUT2D eigenvalue weighted by Gasteiger charge is -2.30. The molecule has 1 N–H and O–H groups in total. The molecule has 0 bridgehead atoms. The van der Waals surface area contributed by atoms with Gasteiger partial charge in [-0.1, -0.05) is 44.5 Å². The minimum Gasteiger partial charge on any atom is -0.313 e. The van der Waals surface area contributed by atoms with Gasteiger partial charge in [0.25, 0.3) is 0 Å². The Morgan fingerprint density at radius 3 is 2.45 bits per heavy atom. The van der Waals surface area contributed by atoms with E-state index in [1.165, 1.54) is 56.4 Å². The standard InChI is InChI=1S/C18H30N2/c1-3-13-20(15-18-7-5-6-12-19-18)14-17-10-8-16(4-2)9-11-17/h8-11,18-19H,3-7,12-15H2,1-2H3. The van der Waals surface area contributed by atoms with Crippen molar-refractivity contribution in [3.63, 3.8) is 0 Å². The molecule has 0 aromatic heterocycles. The summed E-state index contributed by atoms with van der Waals surface area (Å²) in [6, 6.07) is 9.85. The van der Waals surface area contributed by atoms with Crippen LogP contribution in [-0.2, 0) is 13.0 Å². The number of benzene rings is 1. The Balaban J connectivity index is 1.89. The average Bonchev–Trinajstić information content (AvgIpc) is 2.49. The van der Waals surface area contributed by atoms with E-state index in [9.17, 15) is 0 Å². The quantitative estimate of drug-likeness (QED) is 0.817. The van der Waals surface area contributed by atoms with E-state index in [-0.39, 0.29) is 0 Å². The Labute approximate surface area is 124 Å². The van der Waals surface area contributed by atoms with Gasteiger partial charge in [0.2, 0.25) is 0 Å². The Kier molecular flexibility index (Phi) is 6.55. The van der Waals surface area contributed by atoms with Crippen molar-refractivity contribution in [3.05, 3.63) is 35.4 Å². The van der Waals surface area contributed by atoms with Crippen molar-refractivity contribution in [1.82, 2.24) is 10.2 Å². The van der Waals surface area contributed by atoms with Crippen LogP contribution in [0.25, 0.3) is 0 Å². The second-order valence-electron chi connectivity index (χ2n) is 6.05. The van der Waals surface area contributed by atoms with Gasteiger partial charge in [-0.05, 0) is 49.9 Å². The summed E-state index contributed by atoms with van der Waals surface area (Å²) in [5.74, 6) is 0. The molecule has 0 aliphatic carbocycles. The van der Waals surface area contributed by atoms with Crippen LogP contribution < -0.4 is 5.32 Å². The molecule has 2 nitrogen and oxygen atoms in total. The lowest BCUT2D eigenvalue weighted by molar-refractivity contribution is 0.217. The van der Waals surface area contributed by atoms with Gasteiger partial charge in [0.1, 0.15) is 0 Å². The normalized spacial score (nSPS) is 19.4. The van der Waals surface area contributed by atoms with Crippen LogP contribution in [0, 0.1) is 0 Å². The fraction of sp³-hybridized carbons (Fsp3) is 0.667. The molecule has 0 saturated carbocycles. The highest BCUT2D eigenvalue weighted by Crippen LogP contribution is 2.12. The van der Waals surface area contributed by atoms with Gasteiger partial charge < -0.3 is 5.32 Å². The monoisotopic (exact) mass is 274 g/mol. The van der Waals surface area contributed by atoms with Crippen LogP contribution in [0.1, 0.15) is 50.7 Å². The first-order chi connectivity index (χ1) is 9.81. The average molecular weight is 274 g/mol. The van der Waals surface area contributed by atoms with Crippen LogP contribution in [0.15, 0.2) is 24.3 Å². The summed E-state index contributed by atoms with van der Waals surface area (Å²) in [7, 11) is 0. The van der Waals surface area contributed by atoms with Crippen molar-refractivity contribution in [2.24, 2.45) is 0 Å². The highest BCUT2D eigenvalue weighted by atomic mass is 15.1. The van der Waals surface area contributed by atoms with E-state index in [4.69, 9.17) is 0 Å². The van der Waals surface area contributed by atoms with Gasteiger partial charge >= 0.3 is 0 Å². The number of rotatable bonds is 7.